The molecular weight excluding hydrogens is 579 g/mol. The summed E-state index contributed by atoms with van der Waals surface area (Å²) in [7, 11) is 0. The van der Waals surface area contributed by atoms with E-state index in [0.717, 1.165) is 17.7 Å². The standard InChI is InChI=1S/C30H32F3N7O4/c1-19-13-36-29-38-27(17-40(29)16-19)22-5-3-20(2)26(12-22)37-28(42)24-6-4-21(11-25(24)30(31,32)33)14-35-15-23(39-34)18-44-10-9-43-8-7-41/h3-6,11-13,15-17,41H,7-10,14,18,34H2,1-2H3,(H,37,42)/p+1/b35-15?,39-23+. The van der Waals surface area contributed by atoms with Crippen LogP contribution >= 0.6 is 0 Å². The van der Waals surface area contributed by atoms with Crippen LogP contribution in [0, 0.1) is 13.8 Å². The fraction of sp³-hybridized carbons (Fsp3) is 0.300. The Kier molecular flexibility index (Phi) is 10.8. The molecule has 2 aromatic heterocycles. The van der Waals surface area contributed by atoms with E-state index < -0.39 is 23.2 Å². The van der Waals surface area contributed by atoms with Crippen molar-refractivity contribution in [1.29, 1.82) is 0 Å². The lowest BCUT2D eigenvalue weighted by atomic mass is 10.0. The van der Waals surface area contributed by atoms with Gasteiger partial charge in [-0.3, -0.25) is 9.20 Å². The monoisotopic (exact) mass is 612 g/mol. The van der Waals surface area contributed by atoms with Gasteiger partial charge in [0.05, 0.1) is 49.9 Å². The average Bonchev–Trinajstić information content (AvgIpc) is 3.41. The first-order valence-corrected chi connectivity index (χ1v) is 13.6. The minimum absolute atomic E-state index is 0.0121. The maximum absolute atomic E-state index is 14.1. The topological polar surface area (TPSA) is 150 Å². The van der Waals surface area contributed by atoms with Crippen LogP contribution in [0.2, 0.25) is 0 Å². The van der Waals surface area contributed by atoms with Crippen molar-refractivity contribution in [1.82, 2.24) is 14.4 Å². The zero-order chi connectivity index (χ0) is 31.7. The van der Waals surface area contributed by atoms with Crippen LogP contribution in [0.3, 0.4) is 0 Å². The number of halogens is 3. The van der Waals surface area contributed by atoms with E-state index in [4.69, 9.17) is 20.4 Å². The third-order valence-electron chi connectivity index (χ3n) is 6.45. The Morgan fingerprint density at radius 3 is 2.68 bits per heavy atom. The molecule has 0 saturated heterocycles. The van der Waals surface area contributed by atoms with Gasteiger partial charge in [0.1, 0.15) is 5.71 Å². The van der Waals surface area contributed by atoms with Crippen LogP contribution < -0.4 is 16.2 Å². The molecule has 0 fully saturated rings. The van der Waals surface area contributed by atoms with Crippen LogP contribution in [0.1, 0.15) is 32.6 Å². The average molecular weight is 613 g/mol. The smallest absolute Gasteiger partial charge is 0.394 e. The highest BCUT2D eigenvalue weighted by molar-refractivity contribution is 6.29. The molecule has 0 unspecified atom stereocenters. The first-order valence-electron chi connectivity index (χ1n) is 13.6. The fourth-order valence-electron chi connectivity index (χ4n) is 4.23. The quantitative estimate of drug-likeness (QED) is 0.0783. The third-order valence-corrected chi connectivity index (χ3v) is 6.45. The molecule has 14 heteroatoms. The van der Waals surface area contributed by atoms with Crippen molar-refractivity contribution in [2.45, 2.75) is 26.6 Å². The molecular formula is C30H33F3N7O4+. The number of imidazole rings is 1. The maximum Gasteiger partial charge on any atom is 0.417 e. The number of aromatic nitrogens is 3. The number of hydrogen-bond acceptors (Lipinski definition) is 8. The van der Waals surface area contributed by atoms with E-state index in [1.807, 2.05) is 19.2 Å². The molecule has 2 aromatic carbocycles. The Morgan fingerprint density at radius 1 is 1.14 bits per heavy atom. The second-order valence-corrected chi connectivity index (χ2v) is 9.86. The Bertz CT molecular complexity index is 1670. The Labute approximate surface area is 251 Å². The van der Waals surface area contributed by atoms with Gasteiger partial charge in [-0.1, -0.05) is 18.2 Å². The van der Waals surface area contributed by atoms with Crippen LogP contribution in [0.15, 0.2) is 60.1 Å². The van der Waals surface area contributed by atoms with Gasteiger partial charge in [-0.2, -0.15) is 18.3 Å². The van der Waals surface area contributed by atoms with Gasteiger partial charge in [0.25, 0.3) is 5.91 Å². The molecule has 1 amide bonds. The number of ether oxygens (including phenoxy) is 2. The van der Waals surface area contributed by atoms with Crippen LogP contribution in [0.5, 0.6) is 0 Å². The van der Waals surface area contributed by atoms with Gasteiger partial charge in [0, 0.05) is 35.4 Å². The molecule has 0 radical (unpaired) electrons. The van der Waals surface area contributed by atoms with Crippen LogP contribution in [-0.2, 0) is 22.2 Å². The number of nitrogens with two attached hydrogens (primary N) is 1. The molecule has 0 saturated carbocycles. The lowest BCUT2D eigenvalue weighted by Gasteiger charge is -2.15. The van der Waals surface area contributed by atoms with Gasteiger partial charge in [0.2, 0.25) is 5.78 Å². The van der Waals surface area contributed by atoms with E-state index >= 15 is 0 Å². The minimum Gasteiger partial charge on any atom is -0.394 e. The van der Waals surface area contributed by atoms with E-state index in [1.165, 1.54) is 12.3 Å². The predicted molar refractivity (Wildman–Crippen MR) is 158 cm³/mol. The summed E-state index contributed by atoms with van der Waals surface area (Å²) in [5, 5.41) is 14.9. The van der Waals surface area contributed by atoms with Gasteiger partial charge in [-0.25, -0.2) is 15.0 Å². The lowest BCUT2D eigenvalue weighted by molar-refractivity contribution is -0.468. The molecule has 0 aliphatic carbocycles. The Balaban J connectivity index is 1.47. The normalized spacial score (nSPS) is 12.4. The molecule has 4 aromatic rings. The fourth-order valence-corrected chi connectivity index (χ4v) is 4.23. The summed E-state index contributed by atoms with van der Waals surface area (Å²) in [4.78, 5) is 24.8. The van der Waals surface area contributed by atoms with E-state index in [1.54, 1.807) is 35.9 Å². The number of anilines is 1. The van der Waals surface area contributed by atoms with Crippen molar-refractivity contribution in [3.8, 4) is 11.3 Å². The second kappa shape index (κ2) is 14.7. The molecule has 44 heavy (non-hydrogen) atoms. The number of aliphatic hydroxyl groups is 1. The van der Waals surface area contributed by atoms with Crippen molar-refractivity contribution < 1.29 is 37.5 Å². The number of aryl methyl sites for hydroxylation is 2. The molecule has 0 aliphatic rings. The highest BCUT2D eigenvalue weighted by Gasteiger charge is 2.35. The number of hydrogen-bond donors (Lipinski definition) is 4. The van der Waals surface area contributed by atoms with E-state index in [2.05, 4.69) is 25.4 Å². The van der Waals surface area contributed by atoms with Gasteiger partial charge in [-0.05, 0) is 43.2 Å². The molecule has 4 rings (SSSR count). The minimum atomic E-state index is -4.78. The molecule has 2 heterocycles. The van der Waals surface area contributed by atoms with Crippen LogP contribution in [0.25, 0.3) is 17.0 Å². The second-order valence-electron chi connectivity index (χ2n) is 9.86. The zero-order valence-corrected chi connectivity index (χ0v) is 24.2. The third kappa shape index (κ3) is 8.46. The molecule has 11 nitrogen and oxygen atoms in total. The number of carbonyl (C=O) groups is 1. The highest BCUT2D eigenvalue weighted by atomic mass is 19.4. The van der Waals surface area contributed by atoms with Crippen molar-refractivity contribution >= 4 is 29.3 Å². The zero-order valence-electron chi connectivity index (χ0n) is 24.2. The number of nitrogens with zero attached hydrogens (tertiary/aromatic N) is 4. The summed E-state index contributed by atoms with van der Waals surface area (Å²) in [5.41, 5.74) is 2.29. The highest BCUT2D eigenvalue weighted by Crippen LogP contribution is 2.33. The van der Waals surface area contributed by atoms with E-state index in [9.17, 15) is 18.0 Å². The number of hydrazone groups is 1. The van der Waals surface area contributed by atoms with E-state index in [0.29, 0.717) is 34.0 Å². The number of nitrogens with one attached hydrogen (secondary N) is 2. The molecule has 0 atom stereocenters. The predicted octanol–water partition coefficient (Wildman–Crippen LogP) is 2.28. The molecule has 0 bridgehead atoms. The van der Waals surface area contributed by atoms with Gasteiger partial charge in [-0.15, -0.1) is 0 Å². The Morgan fingerprint density at radius 2 is 1.93 bits per heavy atom. The number of fused-ring (bicyclic) bond motifs is 1. The van der Waals surface area contributed by atoms with E-state index in [-0.39, 0.29) is 45.1 Å². The lowest BCUT2D eigenvalue weighted by Crippen LogP contribution is -2.68. The van der Waals surface area contributed by atoms with Crippen LogP contribution in [-0.4, -0.2) is 70.3 Å². The van der Waals surface area contributed by atoms with Gasteiger partial charge < -0.3 is 25.7 Å². The summed E-state index contributed by atoms with van der Waals surface area (Å²) in [6, 6.07) is 8.77. The number of amides is 1. The molecule has 0 aliphatic heterocycles. The summed E-state index contributed by atoms with van der Waals surface area (Å²) in [6.07, 6.45) is 2.03. The van der Waals surface area contributed by atoms with Gasteiger partial charge in [0.15, 0.2) is 12.8 Å². The summed E-state index contributed by atoms with van der Waals surface area (Å²) in [5.74, 6) is 4.96. The van der Waals surface area contributed by atoms with Crippen molar-refractivity contribution in [2.24, 2.45) is 10.9 Å². The van der Waals surface area contributed by atoms with Crippen molar-refractivity contribution in [3.05, 3.63) is 82.8 Å². The largest absolute Gasteiger partial charge is 0.417 e. The summed E-state index contributed by atoms with van der Waals surface area (Å²) >= 11 is 0. The molecule has 232 valence electrons. The first kappa shape index (κ1) is 32.3. The van der Waals surface area contributed by atoms with Gasteiger partial charge >= 0.3 is 6.18 Å². The van der Waals surface area contributed by atoms with Crippen LogP contribution in [0.4, 0.5) is 18.9 Å². The van der Waals surface area contributed by atoms with Crippen molar-refractivity contribution in [2.75, 3.05) is 38.4 Å². The first-order chi connectivity index (χ1) is 21.1. The molecule has 5 N–H and O–H groups in total. The maximum atomic E-state index is 14.1. The Hall–Kier alpha value is -4.66. The number of alkyl halides is 3. The van der Waals surface area contributed by atoms with Crippen molar-refractivity contribution in [3.63, 3.8) is 0 Å². The summed E-state index contributed by atoms with van der Waals surface area (Å²) < 4.78 is 54.5. The number of carbonyl (C=O) groups excluding carboxylic acids is 1. The number of rotatable bonds is 13. The molecule has 0 spiro atoms. The number of aliphatic hydroxyl groups excluding tert-OH is 1. The number of benzene rings is 2. The SMILES string of the molecule is Cc1cnc2nc(-c3ccc(C)c(NC(=O)c4ccc(C[NH+]=C/C(COCCOCCO)=N\N)cc4C(F)(F)F)c3)cn2c1. The summed E-state index contributed by atoms with van der Waals surface area (Å²) in [6.45, 7) is 4.34.